The van der Waals surface area contributed by atoms with Gasteiger partial charge in [-0.25, -0.2) is 18.7 Å². The summed E-state index contributed by atoms with van der Waals surface area (Å²) in [6.07, 6.45) is 7.95. The van der Waals surface area contributed by atoms with Crippen molar-refractivity contribution >= 4 is 40.6 Å². The van der Waals surface area contributed by atoms with Crippen LogP contribution in [0.3, 0.4) is 0 Å². The first-order chi connectivity index (χ1) is 30.0. The first-order valence-corrected chi connectivity index (χ1v) is 22.1. The summed E-state index contributed by atoms with van der Waals surface area (Å²) >= 11 is 0. The summed E-state index contributed by atoms with van der Waals surface area (Å²) in [6, 6.07) is 11.6. The van der Waals surface area contributed by atoms with Gasteiger partial charge in [-0.05, 0) is 88.9 Å². The molecule has 10 rings (SSSR count). The van der Waals surface area contributed by atoms with Crippen LogP contribution in [-0.4, -0.2) is 144 Å². The second-order valence-corrected chi connectivity index (χ2v) is 18.0. The number of rotatable bonds is 8. The number of hydrogen-bond donors (Lipinski definition) is 2. The Balaban J connectivity index is 0.000000161. The first-order valence-electron chi connectivity index (χ1n) is 22.1. The molecule has 4 atom stereocenters. The number of nitrogens with one attached hydrogen (secondary N) is 2. The maximum Gasteiger partial charge on any atom is 0.251 e. The van der Waals surface area contributed by atoms with Crippen LogP contribution in [0.15, 0.2) is 48.8 Å². The molecule has 0 saturated carbocycles. The number of amides is 2. The minimum atomic E-state index is -2.41. The number of para-hydroxylation sites is 1. The number of alkyl halides is 2. The van der Waals surface area contributed by atoms with E-state index in [0.717, 1.165) is 111 Å². The molecule has 2 aromatic carbocycles. The Morgan fingerprint density at radius 2 is 1.85 bits per heavy atom. The number of anilines is 2. The second-order valence-electron chi connectivity index (χ2n) is 18.0. The number of piperidine rings is 2. The van der Waals surface area contributed by atoms with Gasteiger partial charge in [0.2, 0.25) is 17.8 Å². The van der Waals surface area contributed by atoms with E-state index in [2.05, 4.69) is 38.1 Å². The van der Waals surface area contributed by atoms with Crippen LogP contribution >= 0.6 is 0 Å². The van der Waals surface area contributed by atoms with Crippen LogP contribution in [0.2, 0.25) is 0 Å². The lowest BCUT2D eigenvalue weighted by Crippen LogP contribution is -2.56. The largest absolute Gasteiger partial charge is 0.489 e. The lowest BCUT2D eigenvalue weighted by atomic mass is 9.89. The summed E-state index contributed by atoms with van der Waals surface area (Å²) in [5.74, 6) is 0.954. The molecule has 2 N–H and O–H groups in total. The molecule has 0 bridgehead atoms. The molecule has 0 aliphatic carbocycles. The summed E-state index contributed by atoms with van der Waals surface area (Å²) in [5, 5.41) is 3.56. The van der Waals surface area contributed by atoms with Crippen LogP contribution in [0.5, 0.6) is 5.75 Å². The minimum Gasteiger partial charge on any atom is -0.489 e. The first kappa shape index (κ1) is 42.3. The van der Waals surface area contributed by atoms with Gasteiger partial charge in [-0.15, -0.1) is 0 Å². The molecule has 62 heavy (non-hydrogen) atoms. The molecule has 6 aliphatic heterocycles. The molecule has 4 saturated heterocycles. The van der Waals surface area contributed by atoms with Gasteiger partial charge in [0, 0.05) is 98.5 Å². The van der Waals surface area contributed by atoms with Crippen molar-refractivity contribution in [3.05, 3.63) is 76.7 Å². The van der Waals surface area contributed by atoms with Crippen molar-refractivity contribution < 1.29 is 32.6 Å². The highest BCUT2D eigenvalue weighted by molar-refractivity contribution is 6.00. The van der Waals surface area contributed by atoms with E-state index in [0.29, 0.717) is 43.5 Å². The Bertz CT molecular complexity index is 2270. The summed E-state index contributed by atoms with van der Waals surface area (Å²) in [7, 11) is 3.96. The molecule has 2 unspecified atom stereocenters. The number of aromatic nitrogens is 3. The van der Waals surface area contributed by atoms with Crippen LogP contribution in [-0.2, 0) is 27.3 Å². The molecule has 4 aromatic rings. The highest BCUT2D eigenvalue weighted by atomic mass is 19.3. The number of carbonyl (C=O) groups is 3. The van der Waals surface area contributed by atoms with Crippen LogP contribution < -0.4 is 19.9 Å². The number of fused-ring (bicyclic) bond motifs is 6. The van der Waals surface area contributed by atoms with Crippen molar-refractivity contribution in [1.82, 2.24) is 35.0 Å². The lowest BCUT2D eigenvalue weighted by Gasteiger charge is -2.45. The van der Waals surface area contributed by atoms with Crippen molar-refractivity contribution in [1.29, 1.82) is 0 Å². The third kappa shape index (κ3) is 8.41. The highest BCUT2D eigenvalue weighted by Gasteiger charge is 2.40. The zero-order valence-corrected chi connectivity index (χ0v) is 35.8. The fourth-order valence-electron chi connectivity index (χ4n) is 10.6. The Labute approximate surface area is 360 Å². The van der Waals surface area contributed by atoms with E-state index in [1.807, 2.05) is 66.5 Å². The number of hydrogen-bond acceptors (Lipinski definition) is 12. The fraction of sp³-hybridized carbons (Fsp3) is 0.543. The van der Waals surface area contributed by atoms with E-state index < -0.39 is 6.43 Å². The third-order valence-electron chi connectivity index (χ3n) is 13.9. The number of carbonyl (C=O) groups excluding carboxylic acids is 3. The quantitative estimate of drug-likeness (QED) is 0.183. The van der Waals surface area contributed by atoms with Gasteiger partial charge in [0.05, 0.1) is 36.0 Å². The molecule has 0 radical (unpaired) electrons. The summed E-state index contributed by atoms with van der Waals surface area (Å²) in [5.41, 5.74) is 6.58. The number of piperazine rings is 1. The van der Waals surface area contributed by atoms with Crippen LogP contribution in [0.4, 0.5) is 20.4 Å². The Hall–Kier alpha value is -5.03. The predicted octanol–water partition coefficient (Wildman–Crippen LogP) is 4.96. The van der Waals surface area contributed by atoms with Gasteiger partial charge in [0.15, 0.2) is 6.29 Å². The normalized spacial score (nSPS) is 25.0. The van der Waals surface area contributed by atoms with Gasteiger partial charge >= 0.3 is 0 Å². The summed E-state index contributed by atoms with van der Waals surface area (Å²) < 4.78 is 39.2. The maximum atomic E-state index is 13.6. The average molecular weight is 854 g/mol. The number of likely N-dealkylation sites (N-methyl/N-ethyl adjacent to an activating group) is 2. The Morgan fingerprint density at radius 1 is 1.06 bits per heavy atom. The number of benzene rings is 2. The van der Waals surface area contributed by atoms with Crippen LogP contribution in [0.1, 0.15) is 84.2 Å². The van der Waals surface area contributed by atoms with Gasteiger partial charge < -0.3 is 29.2 Å². The van der Waals surface area contributed by atoms with Gasteiger partial charge in [-0.3, -0.25) is 29.5 Å². The number of aromatic amines is 1. The number of nitrogens with zero attached hydrogens (tertiary/aromatic N) is 7. The van der Waals surface area contributed by atoms with E-state index in [9.17, 15) is 23.2 Å². The number of aldehydes is 1. The molecule has 1 spiro atoms. The predicted molar refractivity (Wildman–Crippen MR) is 231 cm³/mol. The molecule has 14 nitrogen and oxygen atoms in total. The maximum absolute atomic E-state index is 13.6. The smallest absolute Gasteiger partial charge is 0.251 e. The monoisotopic (exact) mass is 853 g/mol. The van der Waals surface area contributed by atoms with E-state index in [1.165, 1.54) is 10.9 Å². The number of imide groups is 1. The number of halogens is 2. The molecular weight excluding hydrogens is 797 g/mol. The van der Waals surface area contributed by atoms with Crippen molar-refractivity contribution in [3.63, 3.8) is 0 Å². The second kappa shape index (κ2) is 17.6. The number of ether oxygens (including phenoxy) is 2. The SMILES string of the molecule is CC1Cc2c([nH]c3ccccc23)[C@H](c2cnc(N3CCC4(CCCO4)CC3)nc2)N1CC(F)F.CN1CCN2c3cc(CN(C)[C@@H]4CCC(=O)NC4=O)c(C=O)cc3OCC2C1. The topological polar surface area (TPSA) is 139 Å². The minimum absolute atomic E-state index is 0.0184. The van der Waals surface area contributed by atoms with E-state index >= 15 is 0 Å². The molecule has 16 heteroatoms. The van der Waals surface area contributed by atoms with Crippen LogP contribution in [0, 0.1) is 0 Å². The molecule has 4 fully saturated rings. The van der Waals surface area contributed by atoms with Crippen molar-refractivity contribution in [2.75, 3.05) is 76.4 Å². The van der Waals surface area contributed by atoms with Crippen molar-refractivity contribution in [2.45, 2.75) is 94.6 Å². The average Bonchev–Trinajstić information content (AvgIpc) is 3.88. The van der Waals surface area contributed by atoms with E-state index in [1.54, 1.807) is 0 Å². The fourth-order valence-corrected chi connectivity index (χ4v) is 10.6. The lowest BCUT2D eigenvalue weighted by molar-refractivity contribution is -0.137. The molecule has 8 heterocycles. The zero-order chi connectivity index (χ0) is 43.1. The Kier molecular flexibility index (Phi) is 12.0. The standard InChI is InChI=1S/C26H31F2N5O.C20H26N4O4/c1-17-13-20-19-5-2-3-6-21(19)31-23(20)24(33(17)16-22(27)28)18-14-29-25(30-15-18)32-10-8-26(9-11-32)7-4-12-34-26;1-22-5-6-24-15(10-22)12-28-18-8-14(11-25)13(7-17(18)24)9-23(2)16-3-4-19(26)21-20(16)27/h2-3,5-6,14-15,17,22,24,31H,4,7-13,16H2,1H3;7-8,11,15-16H,3-6,9-10,12H2,1-2H3,(H,21,26,27)/t17?,24-;15?,16-/m01/s1. The van der Waals surface area contributed by atoms with E-state index in [4.69, 9.17) is 19.4 Å². The molecule has 330 valence electrons. The molecular formula is C46H57F2N9O5. The van der Waals surface area contributed by atoms with E-state index in [-0.39, 0.29) is 42.1 Å². The van der Waals surface area contributed by atoms with Crippen molar-refractivity contribution in [3.8, 4) is 5.75 Å². The highest BCUT2D eigenvalue weighted by Crippen LogP contribution is 2.42. The molecule has 6 aliphatic rings. The summed E-state index contributed by atoms with van der Waals surface area (Å²) in [4.78, 5) is 58.9. The van der Waals surface area contributed by atoms with Gasteiger partial charge in [-0.1, -0.05) is 18.2 Å². The third-order valence-corrected chi connectivity index (χ3v) is 13.9. The molecule has 2 aromatic heterocycles. The van der Waals surface area contributed by atoms with Crippen molar-refractivity contribution in [2.24, 2.45) is 0 Å². The Morgan fingerprint density at radius 3 is 2.58 bits per heavy atom. The van der Waals surface area contributed by atoms with Crippen LogP contribution in [0.25, 0.3) is 10.9 Å². The zero-order valence-electron chi connectivity index (χ0n) is 35.8. The molecule has 2 amide bonds. The summed E-state index contributed by atoms with van der Waals surface area (Å²) in [6.45, 7) is 8.29. The van der Waals surface area contributed by atoms with Gasteiger partial charge in [0.1, 0.15) is 12.4 Å². The number of H-pyrrole nitrogens is 1. The van der Waals surface area contributed by atoms with Gasteiger partial charge in [-0.2, -0.15) is 0 Å². The van der Waals surface area contributed by atoms with Gasteiger partial charge in [0.25, 0.3) is 6.43 Å².